The molecule has 1 aliphatic rings. The first-order valence-corrected chi connectivity index (χ1v) is 19.0. The molecule has 0 saturated heterocycles. The van der Waals surface area contributed by atoms with Gasteiger partial charge in [-0.2, -0.15) is 0 Å². The van der Waals surface area contributed by atoms with E-state index in [0.717, 1.165) is 90.6 Å². The number of fused-ring (bicyclic) bond motifs is 7. The number of furan rings is 1. The van der Waals surface area contributed by atoms with Crippen molar-refractivity contribution in [2.45, 2.75) is 12.8 Å². The molecule has 4 aromatic heterocycles. The largest absolute Gasteiger partial charge is 0.456 e. The average Bonchev–Trinajstić information content (AvgIpc) is 3.82. The van der Waals surface area contributed by atoms with E-state index in [-0.39, 0.29) is 0 Å². The maximum Gasteiger partial charge on any atom is 0.166 e. The number of benzene rings is 6. The summed E-state index contributed by atoms with van der Waals surface area (Å²) in [6.07, 6.45) is 10.4. The van der Waals surface area contributed by atoms with Gasteiger partial charge in [-0.05, 0) is 66.9 Å². The van der Waals surface area contributed by atoms with E-state index in [9.17, 15) is 0 Å². The zero-order chi connectivity index (χ0) is 37.0. The van der Waals surface area contributed by atoms with E-state index < -0.39 is 0 Å². The van der Waals surface area contributed by atoms with Gasteiger partial charge in [-0.15, -0.1) is 0 Å². The Morgan fingerprint density at radius 2 is 1.23 bits per heavy atom. The minimum absolute atomic E-state index is 0.564. The molecule has 0 unspecified atom stereocenters. The first-order valence-electron chi connectivity index (χ1n) is 19.0. The molecule has 264 valence electrons. The third-order valence-electron chi connectivity index (χ3n) is 10.7. The van der Waals surface area contributed by atoms with Crippen LogP contribution >= 0.6 is 0 Å². The van der Waals surface area contributed by atoms with Crippen LogP contribution in [-0.4, -0.2) is 24.5 Å². The van der Waals surface area contributed by atoms with Crippen LogP contribution in [0.25, 0.3) is 100 Å². The molecule has 0 N–H and O–H groups in total. The van der Waals surface area contributed by atoms with E-state index in [1.54, 1.807) is 0 Å². The Bertz CT molecular complexity index is 3180. The molecule has 1 aliphatic carbocycles. The monoisotopic (exact) mass is 719 g/mol. The lowest BCUT2D eigenvalue weighted by Crippen LogP contribution is -2.04. The Morgan fingerprint density at radius 1 is 0.500 bits per heavy atom. The number of hydrogen-bond donors (Lipinski definition) is 0. The van der Waals surface area contributed by atoms with E-state index in [0.29, 0.717) is 17.5 Å². The number of pyridine rings is 1. The molecule has 0 saturated carbocycles. The lowest BCUT2D eigenvalue weighted by atomic mass is 9.98. The maximum absolute atomic E-state index is 6.71. The molecule has 0 atom stereocenters. The third-order valence-corrected chi connectivity index (χ3v) is 10.7. The highest BCUT2D eigenvalue weighted by Gasteiger charge is 2.22. The van der Waals surface area contributed by atoms with Gasteiger partial charge < -0.3 is 8.98 Å². The summed E-state index contributed by atoms with van der Waals surface area (Å²) in [6, 6.07) is 52.4. The van der Waals surface area contributed by atoms with E-state index in [4.69, 9.17) is 24.4 Å². The van der Waals surface area contributed by atoms with Gasteiger partial charge >= 0.3 is 0 Å². The van der Waals surface area contributed by atoms with E-state index in [1.165, 1.54) is 10.8 Å². The Balaban J connectivity index is 1.13. The van der Waals surface area contributed by atoms with Gasteiger partial charge in [0.1, 0.15) is 11.2 Å². The Labute approximate surface area is 322 Å². The minimum atomic E-state index is 0.564. The summed E-state index contributed by atoms with van der Waals surface area (Å²) in [5.74, 6) is 1.83. The quantitative estimate of drug-likeness (QED) is 0.171. The molecule has 6 nitrogen and oxygen atoms in total. The van der Waals surface area contributed by atoms with Crippen molar-refractivity contribution in [1.29, 1.82) is 0 Å². The van der Waals surface area contributed by atoms with Gasteiger partial charge in [-0.3, -0.25) is 4.98 Å². The van der Waals surface area contributed by atoms with Crippen molar-refractivity contribution in [2.24, 2.45) is 0 Å². The fraction of sp³-hybridized carbons (Fsp3) is 0.0400. The topological polar surface area (TPSA) is 69.6 Å². The van der Waals surface area contributed by atoms with E-state index in [2.05, 4.69) is 126 Å². The molecule has 0 fully saturated rings. The predicted octanol–water partition coefficient (Wildman–Crippen LogP) is 12.7. The Kier molecular flexibility index (Phi) is 7.52. The molecule has 6 heteroatoms. The number of allylic oxidation sites excluding steroid dienone is 4. The van der Waals surface area contributed by atoms with Crippen molar-refractivity contribution < 1.29 is 4.42 Å². The molecule has 0 aliphatic heterocycles. The first-order chi connectivity index (χ1) is 27.8. The zero-order valence-electron chi connectivity index (χ0n) is 30.3. The second kappa shape index (κ2) is 13.1. The number of hydrogen-bond acceptors (Lipinski definition) is 5. The van der Waals surface area contributed by atoms with Crippen LogP contribution in [0.1, 0.15) is 18.7 Å². The number of para-hydroxylation sites is 2. The number of rotatable bonds is 6. The minimum Gasteiger partial charge on any atom is -0.456 e. The first kappa shape index (κ1) is 32.0. The SMILES string of the molecule is C1=CC(c2nc(-c3ccccc3)nc(-c3cc(-c4ccccc4)cnc3-c3ccc4c(c3)oc3ccc5c(c6ccccc6n5-c5ccccc5)c34)n2)=CCC1. The zero-order valence-corrected chi connectivity index (χ0v) is 30.3. The predicted molar refractivity (Wildman–Crippen MR) is 227 cm³/mol. The summed E-state index contributed by atoms with van der Waals surface area (Å²) in [5, 5.41) is 4.52. The van der Waals surface area contributed by atoms with Crippen molar-refractivity contribution in [3.8, 4) is 50.8 Å². The third kappa shape index (κ3) is 5.34. The molecule has 4 heterocycles. The van der Waals surface area contributed by atoms with Crippen LogP contribution in [0.4, 0.5) is 0 Å². The molecule has 0 bridgehead atoms. The summed E-state index contributed by atoms with van der Waals surface area (Å²) in [6.45, 7) is 0. The molecule has 10 aromatic rings. The summed E-state index contributed by atoms with van der Waals surface area (Å²) in [5.41, 5.74) is 11.5. The number of nitrogens with zero attached hydrogens (tertiary/aromatic N) is 5. The van der Waals surface area contributed by atoms with Gasteiger partial charge in [0.25, 0.3) is 0 Å². The van der Waals surface area contributed by atoms with E-state index >= 15 is 0 Å². The number of aromatic nitrogens is 5. The molecular weight excluding hydrogens is 687 g/mol. The Hall–Kier alpha value is -7.44. The fourth-order valence-electron chi connectivity index (χ4n) is 8.10. The highest BCUT2D eigenvalue weighted by atomic mass is 16.3. The molecule has 0 amide bonds. The summed E-state index contributed by atoms with van der Waals surface area (Å²) >= 11 is 0. The standard InChI is InChI=1S/C50H33N5O/c1-5-15-32(16-6-1)36-29-40(50-53-48(33-17-7-2-8-18-33)52-49(54-50)34-19-9-3-10-20-34)47(51-31-36)35-25-26-39-44(30-35)56-43-28-27-42-45(46(39)43)38-23-13-14-24-41(38)55(42)37-21-11-4-12-22-37/h1-2,4-9,11-31H,3,10H2. The van der Waals surface area contributed by atoms with Crippen molar-refractivity contribution in [2.75, 3.05) is 0 Å². The highest BCUT2D eigenvalue weighted by Crippen LogP contribution is 2.43. The second-order valence-electron chi connectivity index (χ2n) is 14.1. The van der Waals surface area contributed by atoms with Crippen LogP contribution in [0, 0.1) is 0 Å². The summed E-state index contributed by atoms with van der Waals surface area (Å²) < 4.78 is 9.05. The normalized spacial score (nSPS) is 12.9. The van der Waals surface area contributed by atoms with Gasteiger partial charge in [0.05, 0.1) is 16.7 Å². The van der Waals surface area contributed by atoms with Crippen molar-refractivity contribution in [3.63, 3.8) is 0 Å². The lowest BCUT2D eigenvalue weighted by Gasteiger charge is -2.14. The highest BCUT2D eigenvalue weighted by molar-refractivity contribution is 6.27. The van der Waals surface area contributed by atoms with Crippen molar-refractivity contribution in [3.05, 3.63) is 182 Å². The van der Waals surface area contributed by atoms with Crippen LogP contribution < -0.4 is 0 Å². The van der Waals surface area contributed by atoms with Gasteiger partial charge in [0, 0.05) is 61.3 Å². The van der Waals surface area contributed by atoms with Gasteiger partial charge in [-0.1, -0.05) is 121 Å². The average molecular weight is 720 g/mol. The second-order valence-corrected chi connectivity index (χ2v) is 14.1. The van der Waals surface area contributed by atoms with Crippen LogP contribution in [-0.2, 0) is 0 Å². The van der Waals surface area contributed by atoms with Crippen LogP contribution in [0.2, 0.25) is 0 Å². The van der Waals surface area contributed by atoms with Gasteiger partial charge in [-0.25, -0.2) is 15.0 Å². The molecule has 0 spiro atoms. The summed E-state index contributed by atoms with van der Waals surface area (Å²) in [7, 11) is 0. The van der Waals surface area contributed by atoms with E-state index in [1.807, 2.05) is 54.7 Å². The van der Waals surface area contributed by atoms with Gasteiger partial charge in [0.2, 0.25) is 0 Å². The van der Waals surface area contributed by atoms with Crippen molar-refractivity contribution in [1.82, 2.24) is 24.5 Å². The fourth-order valence-corrected chi connectivity index (χ4v) is 8.10. The lowest BCUT2D eigenvalue weighted by molar-refractivity contribution is 0.669. The Morgan fingerprint density at radius 3 is 2.04 bits per heavy atom. The maximum atomic E-state index is 6.71. The van der Waals surface area contributed by atoms with Crippen LogP contribution in [0.15, 0.2) is 181 Å². The van der Waals surface area contributed by atoms with Gasteiger partial charge in [0.15, 0.2) is 17.5 Å². The van der Waals surface area contributed by atoms with Crippen molar-refractivity contribution >= 4 is 49.3 Å². The molecule has 11 rings (SSSR count). The van der Waals surface area contributed by atoms with Crippen LogP contribution in [0.5, 0.6) is 0 Å². The smallest absolute Gasteiger partial charge is 0.166 e. The molecule has 6 aromatic carbocycles. The summed E-state index contributed by atoms with van der Waals surface area (Å²) in [4.78, 5) is 20.4. The molecule has 0 radical (unpaired) electrons. The molecular formula is C50H33N5O. The van der Waals surface area contributed by atoms with Crippen LogP contribution in [0.3, 0.4) is 0 Å². The molecule has 56 heavy (non-hydrogen) atoms.